The molecule has 4 heteroatoms. The van der Waals surface area contributed by atoms with Gasteiger partial charge in [0.15, 0.2) is 0 Å². The fourth-order valence-corrected chi connectivity index (χ4v) is 2.12. The fraction of sp³-hybridized carbons (Fsp3) is 0.133. The Labute approximate surface area is 117 Å². The van der Waals surface area contributed by atoms with Crippen molar-refractivity contribution in [3.05, 3.63) is 52.5 Å². The molecule has 0 amide bonds. The number of ether oxygens (including phenoxy) is 1. The Bertz CT molecular complexity index is 638. The van der Waals surface area contributed by atoms with Crippen LogP contribution in [0.4, 0.5) is 5.69 Å². The lowest BCUT2D eigenvalue weighted by molar-refractivity contribution is 0.0602. The van der Waals surface area contributed by atoms with Crippen LogP contribution in [0, 0.1) is 6.92 Å². The van der Waals surface area contributed by atoms with Crippen LogP contribution >= 0.6 is 11.6 Å². The van der Waals surface area contributed by atoms with Gasteiger partial charge in [-0.15, -0.1) is 0 Å². The summed E-state index contributed by atoms with van der Waals surface area (Å²) in [5.41, 5.74) is 9.55. The number of esters is 1. The van der Waals surface area contributed by atoms with Crippen LogP contribution in [0.2, 0.25) is 5.02 Å². The first kappa shape index (κ1) is 13.4. The SMILES string of the molecule is COC(=O)c1ccc(-c2cccc(Cl)c2C)cc1N. The molecule has 3 nitrogen and oxygen atoms in total. The van der Waals surface area contributed by atoms with Crippen LogP contribution in [-0.2, 0) is 4.74 Å². The number of carbonyl (C=O) groups is 1. The smallest absolute Gasteiger partial charge is 0.339 e. The average molecular weight is 276 g/mol. The Kier molecular flexibility index (Phi) is 3.76. The molecule has 0 aliphatic rings. The van der Waals surface area contributed by atoms with Gasteiger partial charge in [-0.2, -0.15) is 0 Å². The number of rotatable bonds is 2. The average Bonchev–Trinajstić information content (AvgIpc) is 2.41. The van der Waals surface area contributed by atoms with E-state index in [0.29, 0.717) is 16.3 Å². The monoisotopic (exact) mass is 275 g/mol. The number of methoxy groups -OCH3 is 1. The van der Waals surface area contributed by atoms with E-state index in [1.807, 2.05) is 31.2 Å². The number of nitrogens with two attached hydrogens (primary N) is 1. The van der Waals surface area contributed by atoms with Crippen molar-refractivity contribution in [2.24, 2.45) is 0 Å². The number of anilines is 1. The first-order valence-electron chi connectivity index (χ1n) is 5.78. The van der Waals surface area contributed by atoms with Gasteiger partial charge in [0, 0.05) is 10.7 Å². The summed E-state index contributed by atoms with van der Waals surface area (Å²) in [5.74, 6) is -0.438. The van der Waals surface area contributed by atoms with E-state index >= 15 is 0 Å². The molecule has 2 aromatic rings. The highest BCUT2D eigenvalue weighted by Crippen LogP contribution is 2.30. The van der Waals surface area contributed by atoms with E-state index in [2.05, 4.69) is 4.74 Å². The Morgan fingerprint density at radius 3 is 2.63 bits per heavy atom. The van der Waals surface area contributed by atoms with Gasteiger partial charge in [-0.25, -0.2) is 4.79 Å². The van der Waals surface area contributed by atoms with Crippen molar-refractivity contribution >= 4 is 23.3 Å². The van der Waals surface area contributed by atoms with Gasteiger partial charge in [-0.1, -0.05) is 29.8 Å². The van der Waals surface area contributed by atoms with Crippen LogP contribution in [0.25, 0.3) is 11.1 Å². The van der Waals surface area contributed by atoms with Crippen LogP contribution in [0.15, 0.2) is 36.4 Å². The highest BCUT2D eigenvalue weighted by molar-refractivity contribution is 6.31. The zero-order valence-electron chi connectivity index (χ0n) is 10.7. The van der Waals surface area contributed by atoms with E-state index in [0.717, 1.165) is 16.7 Å². The number of halogens is 1. The molecular weight excluding hydrogens is 262 g/mol. The zero-order valence-corrected chi connectivity index (χ0v) is 11.5. The van der Waals surface area contributed by atoms with Gasteiger partial charge >= 0.3 is 5.97 Å². The second-order valence-corrected chi connectivity index (χ2v) is 4.61. The maximum atomic E-state index is 11.5. The van der Waals surface area contributed by atoms with Crippen LogP contribution in [0.3, 0.4) is 0 Å². The summed E-state index contributed by atoms with van der Waals surface area (Å²) >= 11 is 6.10. The predicted octanol–water partition coefficient (Wildman–Crippen LogP) is 3.68. The van der Waals surface area contributed by atoms with E-state index in [9.17, 15) is 4.79 Å². The van der Waals surface area contributed by atoms with Crippen molar-refractivity contribution in [3.63, 3.8) is 0 Å². The number of hydrogen-bond acceptors (Lipinski definition) is 3. The minimum Gasteiger partial charge on any atom is -0.465 e. The standard InChI is InChI=1S/C15H14ClNO2/c1-9-11(4-3-5-13(9)16)10-6-7-12(14(17)8-10)15(18)19-2/h3-8H,17H2,1-2H3. The minimum absolute atomic E-state index is 0.367. The number of nitrogen functional groups attached to an aromatic ring is 1. The molecule has 2 N–H and O–H groups in total. The third kappa shape index (κ3) is 2.56. The summed E-state index contributed by atoms with van der Waals surface area (Å²) < 4.78 is 4.67. The quantitative estimate of drug-likeness (QED) is 0.672. The number of benzene rings is 2. The topological polar surface area (TPSA) is 52.3 Å². The van der Waals surface area contributed by atoms with Gasteiger partial charge in [-0.05, 0) is 41.8 Å². The molecule has 2 aromatic carbocycles. The molecule has 0 aliphatic carbocycles. The first-order chi connectivity index (χ1) is 9.04. The minimum atomic E-state index is -0.438. The van der Waals surface area contributed by atoms with Gasteiger partial charge < -0.3 is 10.5 Å². The Morgan fingerprint density at radius 2 is 2.00 bits per heavy atom. The summed E-state index contributed by atoms with van der Waals surface area (Å²) in [4.78, 5) is 11.5. The molecule has 98 valence electrons. The van der Waals surface area contributed by atoms with E-state index in [1.165, 1.54) is 7.11 Å². The third-order valence-corrected chi connectivity index (χ3v) is 3.45. The molecule has 0 atom stereocenters. The second kappa shape index (κ2) is 5.33. The fourth-order valence-electron chi connectivity index (χ4n) is 1.95. The van der Waals surface area contributed by atoms with Gasteiger partial charge in [0.25, 0.3) is 0 Å². The number of carbonyl (C=O) groups excluding carboxylic acids is 1. The Morgan fingerprint density at radius 1 is 1.26 bits per heavy atom. The van der Waals surface area contributed by atoms with Crippen molar-refractivity contribution < 1.29 is 9.53 Å². The Balaban J connectivity index is 2.51. The Hall–Kier alpha value is -2.00. The van der Waals surface area contributed by atoms with E-state index < -0.39 is 5.97 Å². The summed E-state index contributed by atoms with van der Waals surface area (Å²) in [6, 6.07) is 10.9. The van der Waals surface area contributed by atoms with Crippen molar-refractivity contribution in [2.45, 2.75) is 6.92 Å². The van der Waals surface area contributed by atoms with E-state index in [1.54, 1.807) is 12.1 Å². The predicted molar refractivity (Wildman–Crippen MR) is 77.4 cm³/mol. The maximum absolute atomic E-state index is 11.5. The third-order valence-electron chi connectivity index (χ3n) is 3.04. The van der Waals surface area contributed by atoms with Gasteiger partial charge in [0.1, 0.15) is 0 Å². The van der Waals surface area contributed by atoms with Crippen molar-refractivity contribution in [1.82, 2.24) is 0 Å². The molecule has 0 aliphatic heterocycles. The molecule has 0 spiro atoms. The van der Waals surface area contributed by atoms with Crippen LogP contribution in [0.1, 0.15) is 15.9 Å². The van der Waals surface area contributed by atoms with Gasteiger partial charge in [0.05, 0.1) is 12.7 Å². The van der Waals surface area contributed by atoms with Crippen LogP contribution < -0.4 is 5.73 Å². The molecule has 0 bridgehead atoms. The lowest BCUT2D eigenvalue weighted by Gasteiger charge is -2.10. The highest BCUT2D eigenvalue weighted by Gasteiger charge is 2.12. The summed E-state index contributed by atoms with van der Waals surface area (Å²) in [5, 5.41) is 0.702. The van der Waals surface area contributed by atoms with Crippen molar-refractivity contribution in [3.8, 4) is 11.1 Å². The summed E-state index contributed by atoms with van der Waals surface area (Å²) in [6.07, 6.45) is 0. The molecule has 0 saturated heterocycles. The molecule has 0 unspecified atom stereocenters. The highest BCUT2D eigenvalue weighted by atomic mass is 35.5. The van der Waals surface area contributed by atoms with E-state index in [-0.39, 0.29) is 0 Å². The number of hydrogen-bond donors (Lipinski definition) is 1. The lowest BCUT2D eigenvalue weighted by Crippen LogP contribution is -2.05. The molecule has 0 heterocycles. The molecule has 0 aromatic heterocycles. The maximum Gasteiger partial charge on any atom is 0.339 e. The molecule has 19 heavy (non-hydrogen) atoms. The summed E-state index contributed by atoms with van der Waals surface area (Å²) in [6.45, 7) is 1.95. The van der Waals surface area contributed by atoms with Crippen molar-refractivity contribution in [2.75, 3.05) is 12.8 Å². The second-order valence-electron chi connectivity index (χ2n) is 4.21. The molecular formula is C15H14ClNO2. The molecule has 0 saturated carbocycles. The zero-order chi connectivity index (χ0) is 14.0. The molecule has 0 radical (unpaired) electrons. The normalized spacial score (nSPS) is 10.3. The summed E-state index contributed by atoms with van der Waals surface area (Å²) in [7, 11) is 1.33. The van der Waals surface area contributed by atoms with E-state index in [4.69, 9.17) is 17.3 Å². The molecule has 2 rings (SSSR count). The van der Waals surface area contributed by atoms with Crippen molar-refractivity contribution in [1.29, 1.82) is 0 Å². The van der Waals surface area contributed by atoms with Gasteiger partial charge in [0.2, 0.25) is 0 Å². The van der Waals surface area contributed by atoms with Crippen LogP contribution in [0.5, 0.6) is 0 Å². The first-order valence-corrected chi connectivity index (χ1v) is 6.15. The lowest BCUT2D eigenvalue weighted by atomic mass is 9.98. The molecule has 0 fully saturated rings. The van der Waals surface area contributed by atoms with Crippen LogP contribution in [-0.4, -0.2) is 13.1 Å². The van der Waals surface area contributed by atoms with Gasteiger partial charge in [-0.3, -0.25) is 0 Å². The largest absolute Gasteiger partial charge is 0.465 e.